The number of methoxy groups -OCH3 is 3. The van der Waals surface area contributed by atoms with Crippen molar-refractivity contribution >= 4 is 16.7 Å². The maximum atomic E-state index is 5.41. The molecule has 0 atom stereocenters. The SMILES string of the molecule is CN=C(NCc1cc(OC)c(OC)c(OC)c1)NCc1ccc2ccccc2c1. The monoisotopic (exact) mass is 393 g/mol. The van der Waals surface area contributed by atoms with Crippen molar-refractivity contribution in [2.75, 3.05) is 28.4 Å². The Hall–Kier alpha value is -3.41. The molecule has 0 unspecified atom stereocenters. The Labute approximate surface area is 171 Å². The van der Waals surface area contributed by atoms with E-state index in [4.69, 9.17) is 14.2 Å². The van der Waals surface area contributed by atoms with Crippen molar-refractivity contribution in [1.82, 2.24) is 10.6 Å². The molecule has 3 rings (SSSR count). The molecule has 0 saturated heterocycles. The van der Waals surface area contributed by atoms with Crippen molar-refractivity contribution in [1.29, 1.82) is 0 Å². The number of hydrogen-bond acceptors (Lipinski definition) is 4. The van der Waals surface area contributed by atoms with Crippen LogP contribution in [-0.4, -0.2) is 34.3 Å². The van der Waals surface area contributed by atoms with Gasteiger partial charge in [0.1, 0.15) is 0 Å². The molecule has 0 aliphatic rings. The first-order valence-corrected chi connectivity index (χ1v) is 9.39. The standard InChI is InChI=1S/C23H27N3O3/c1-24-23(25-14-16-9-10-18-7-5-6-8-19(18)11-16)26-15-17-12-20(27-2)22(29-4)21(13-17)28-3/h5-13H,14-15H2,1-4H3,(H2,24,25,26). The van der Waals surface area contributed by atoms with Crippen LogP contribution in [-0.2, 0) is 13.1 Å². The summed E-state index contributed by atoms with van der Waals surface area (Å²) < 4.78 is 16.2. The molecule has 0 heterocycles. The van der Waals surface area contributed by atoms with Crippen LogP contribution < -0.4 is 24.8 Å². The Morgan fingerprint density at radius 1 is 0.759 bits per heavy atom. The van der Waals surface area contributed by atoms with E-state index in [9.17, 15) is 0 Å². The molecule has 0 fully saturated rings. The fourth-order valence-electron chi connectivity index (χ4n) is 3.18. The summed E-state index contributed by atoms with van der Waals surface area (Å²) in [5.41, 5.74) is 2.19. The van der Waals surface area contributed by atoms with E-state index in [0.717, 1.165) is 5.56 Å². The molecule has 0 saturated carbocycles. The molecule has 29 heavy (non-hydrogen) atoms. The minimum absolute atomic E-state index is 0.564. The fourth-order valence-corrected chi connectivity index (χ4v) is 3.18. The van der Waals surface area contributed by atoms with Gasteiger partial charge in [0.25, 0.3) is 0 Å². The summed E-state index contributed by atoms with van der Waals surface area (Å²) in [4.78, 5) is 4.31. The number of hydrogen-bond donors (Lipinski definition) is 2. The van der Waals surface area contributed by atoms with Gasteiger partial charge in [-0.25, -0.2) is 0 Å². The van der Waals surface area contributed by atoms with Crippen molar-refractivity contribution < 1.29 is 14.2 Å². The van der Waals surface area contributed by atoms with Gasteiger partial charge in [-0.3, -0.25) is 4.99 Å². The van der Waals surface area contributed by atoms with Gasteiger partial charge >= 0.3 is 0 Å². The Balaban J connectivity index is 1.64. The third kappa shape index (κ3) is 4.90. The zero-order chi connectivity index (χ0) is 20.6. The molecule has 6 heteroatoms. The minimum atomic E-state index is 0.564. The molecule has 3 aromatic rings. The summed E-state index contributed by atoms with van der Waals surface area (Å²) >= 11 is 0. The van der Waals surface area contributed by atoms with Crippen LogP contribution in [0.3, 0.4) is 0 Å². The second kappa shape index (κ2) is 9.68. The van der Waals surface area contributed by atoms with E-state index in [2.05, 4.69) is 58.1 Å². The highest BCUT2D eigenvalue weighted by molar-refractivity contribution is 5.83. The lowest BCUT2D eigenvalue weighted by Gasteiger charge is -2.16. The molecule has 0 amide bonds. The fraction of sp³-hybridized carbons (Fsp3) is 0.261. The average molecular weight is 393 g/mol. The minimum Gasteiger partial charge on any atom is -0.493 e. The molecule has 2 N–H and O–H groups in total. The number of aliphatic imine (C=N–C) groups is 1. The summed E-state index contributed by atoms with van der Waals surface area (Å²) in [5.74, 6) is 2.55. The number of ether oxygens (including phenoxy) is 3. The Bertz CT molecular complexity index is 977. The summed E-state index contributed by atoms with van der Waals surface area (Å²) in [5, 5.41) is 9.14. The Morgan fingerprint density at radius 2 is 1.38 bits per heavy atom. The predicted molar refractivity (Wildman–Crippen MR) is 117 cm³/mol. The topological polar surface area (TPSA) is 64.1 Å². The highest BCUT2D eigenvalue weighted by Gasteiger charge is 2.13. The summed E-state index contributed by atoms with van der Waals surface area (Å²) in [6, 6.07) is 18.6. The van der Waals surface area contributed by atoms with Crippen LogP contribution in [0.4, 0.5) is 0 Å². The summed E-state index contributed by atoms with van der Waals surface area (Å²) in [6.07, 6.45) is 0. The normalized spacial score (nSPS) is 11.2. The van der Waals surface area contributed by atoms with E-state index >= 15 is 0 Å². The van der Waals surface area contributed by atoms with Crippen LogP contribution in [0, 0.1) is 0 Å². The van der Waals surface area contributed by atoms with Gasteiger partial charge in [0.2, 0.25) is 5.75 Å². The van der Waals surface area contributed by atoms with Gasteiger partial charge in [0, 0.05) is 20.1 Å². The zero-order valence-electron chi connectivity index (χ0n) is 17.3. The Kier molecular flexibility index (Phi) is 6.79. The third-order valence-corrected chi connectivity index (χ3v) is 4.68. The lowest BCUT2D eigenvalue weighted by molar-refractivity contribution is 0.323. The lowest BCUT2D eigenvalue weighted by Crippen LogP contribution is -2.36. The molecule has 3 aromatic carbocycles. The second-order valence-corrected chi connectivity index (χ2v) is 6.49. The van der Waals surface area contributed by atoms with Gasteiger partial charge in [-0.2, -0.15) is 0 Å². The number of nitrogens with zero attached hydrogens (tertiary/aromatic N) is 1. The number of fused-ring (bicyclic) bond motifs is 1. The first-order valence-electron chi connectivity index (χ1n) is 9.39. The molecular weight excluding hydrogens is 366 g/mol. The van der Waals surface area contributed by atoms with Gasteiger partial charge < -0.3 is 24.8 Å². The Morgan fingerprint density at radius 3 is 1.97 bits per heavy atom. The van der Waals surface area contributed by atoms with Crippen LogP contribution in [0.5, 0.6) is 17.2 Å². The van der Waals surface area contributed by atoms with Crippen molar-refractivity contribution in [3.8, 4) is 17.2 Å². The number of guanidine groups is 1. The first-order chi connectivity index (χ1) is 14.2. The van der Waals surface area contributed by atoms with E-state index in [1.165, 1.54) is 16.3 Å². The van der Waals surface area contributed by atoms with Gasteiger partial charge in [-0.05, 0) is 40.1 Å². The van der Waals surface area contributed by atoms with Gasteiger partial charge in [0.15, 0.2) is 17.5 Å². The zero-order valence-corrected chi connectivity index (χ0v) is 17.3. The molecule has 0 spiro atoms. The quantitative estimate of drug-likeness (QED) is 0.473. The van der Waals surface area contributed by atoms with E-state index in [1.807, 2.05) is 12.1 Å². The maximum Gasteiger partial charge on any atom is 0.203 e. The van der Waals surface area contributed by atoms with E-state index in [1.54, 1.807) is 28.4 Å². The second-order valence-electron chi connectivity index (χ2n) is 6.49. The molecule has 0 aromatic heterocycles. The van der Waals surface area contributed by atoms with Gasteiger partial charge in [0.05, 0.1) is 21.3 Å². The highest BCUT2D eigenvalue weighted by atomic mass is 16.5. The lowest BCUT2D eigenvalue weighted by atomic mass is 10.1. The van der Waals surface area contributed by atoms with E-state index < -0.39 is 0 Å². The van der Waals surface area contributed by atoms with Crippen LogP contribution in [0.25, 0.3) is 10.8 Å². The molecular formula is C23H27N3O3. The molecule has 0 aliphatic heterocycles. The molecule has 0 bridgehead atoms. The van der Waals surface area contributed by atoms with Crippen LogP contribution in [0.1, 0.15) is 11.1 Å². The molecule has 6 nitrogen and oxygen atoms in total. The van der Waals surface area contributed by atoms with Crippen LogP contribution in [0.2, 0.25) is 0 Å². The van der Waals surface area contributed by atoms with E-state index in [0.29, 0.717) is 36.3 Å². The number of benzene rings is 3. The van der Waals surface area contributed by atoms with E-state index in [-0.39, 0.29) is 0 Å². The molecule has 0 aliphatic carbocycles. The molecule has 0 radical (unpaired) electrons. The predicted octanol–water partition coefficient (Wildman–Crippen LogP) is 3.73. The highest BCUT2D eigenvalue weighted by Crippen LogP contribution is 2.38. The average Bonchev–Trinajstić information content (AvgIpc) is 2.78. The number of rotatable bonds is 7. The van der Waals surface area contributed by atoms with Gasteiger partial charge in [-0.15, -0.1) is 0 Å². The number of nitrogens with one attached hydrogen (secondary N) is 2. The van der Waals surface area contributed by atoms with Crippen LogP contribution >= 0.6 is 0 Å². The third-order valence-electron chi connectivity index (χ3n) is 4.68. The van der Waals surface area contributed by atoms with Crippen molar-refractivity contribution in [2.24, 2.45) is 4.99 Å². The molecule has 152 valence electrons. The summed E-state index contributed by atoms with van der Waals surface area (Å²) in [7, 11) is 6.57. The first kappa shape index (κ1) is 20.3. The smallest absolute Gasteiger partial charge is 0.203 e. The van der Waals surface area contributed by atoms with Crippen LogP contribution in [0.15, 0.2) is 59.6 Å². The van der Waals surface area contributed by atoms with Crippen molar-refractivity contribution in [3.05, 3.63) is 65.7 Å². The van der Waals surface area contributed by atoms with Gasteiger partial charge in [-0.1, -0.05) is 36.4 Å². The largest absolute Gasteiger partial charge is 0.493 e. The van der Waals surface area contributed by atoms with Crippen molar-refractivity contribution in [3.63, 3.8) is 0 Å². The van der Waals surface area contributed by atoms with Crippen molar-refractivity contribution in [2.45, 2.75) is 13.1 Å². The summed E-state index contributed by atoms with van der Waals surface area (Å²) in [6.45, 7) is 1.24. The maximum absolute atomic E-state index is 5.41.